The number of hydrogen-bond donors (Lipinski definition) is 2. The Kier molecular flexibility index (Phi) is 5.10. The molecule has 3 heterocycles. The van der Waals surface area contributed by atoms with Crippen molar-refractivity contribution in [1.29, 1.82) is 0 Å². The molecule has 0 saturated carbocycles. The minimum Gasteiger partial charge on any atom is -0.494 e. The zero-order valence-corrected chi connectivity index (χ0v) is 16.9. The number of pyridine rings is 1. The average molecular weight is 389 g/mol. The molecule has 0 unspecified atom stereocenters. The van der Waals surface area contributed by atoms with Crippen LogP contribution >= 0.6 is 0 Å². The van der Waals surface area contributed by atoms with Crippen molar-refractivity contribution in [3.05, 3.63) is 18.5 Å². The van der Waals surface area contributed by atoms with Crippen molar-refractivity contribution >= 4 is 11.9 Å². The molecule has 0 spiro atoms. The van der Waals surface area contributed by atoms with Crippen LogP contribution in [0.4, 0.5) is 10.6 Å². The van der Waals surface area contributed by atoms with Gasteiger partial charge >= 0.3 is 6.09 Å². The minimum absolute atomic E-state index is 0.176. The zero-order valence-electron chi connectivity index (χ0n) is 16.9. The number of nitrogens with one attached hydrogen (secondary N) is 1. The summed E-state index contributed by atoms with van der Waals surface area (Å²) in [7, 11) is 1.57. The molecular formula is C19H27N5O4. The number of carbonyl (C=O) groups is 1. The quantitative estimate of drug-likeness (QED) is 0.807. The molecule has 152 valence electrons. The molecule has 1 aliphatic heterocycles. The fraction of sp³-hybridized carbons (Fsp3) is 0.526. The van der Waals surface area contributed by atoms with Crippen LogP contribution < -0.4 is 15.2 Å². The van der Waals surface area contributed by atoms with E-state index in [4.69, 9.17) is 19.9 Å². The first kappa shape index (κ1) is 19.8. The highest BCUT2D eigenvalue weighted by molar-refractivity contribution is 5.74. The van der Waals surface area contributed by atoms with Gasteiger partial charge in [-0.15, -0.1) is 0 Å². The lowest BCUT2D eigenvalue weighted by molar-refractivity contribution is -0.0428. The topological polar surface area (TPSA) is 116 Å². The summed E-state index contributed by atoms with van der Waals surface area (Å²) in [6, 6.07) is 1.71. The molecule has 9 heteroatoms. The number of nitrogens with zero attached hydrogens (tertiary/aromatic N) is 3. The maximum Gasteiger partial charge on any atom is 0.410 e. The molecule has 0 radical (unpaired) electrons. The van der Waals surface area contributed by atoms with Crippen molar-refractivity contribution in [3.63, 3.8) is 0 Å². The molecule has 1 saturated heterocycles. The van der Waals surface area contributed by atoms with Crippen LogP contribution in [0.25, 0.3) is 11.3 Å². The summed E-state index contributed by atoms with van der Waals surface area (Å²) < 4.78 is 16.9. The van der Waals surface area contributed by atoms with Gasteiger partial charge in [0, 0.05) is 24.6 Å². The molecule has 2 aromatic rings. The Hall–Kier alpha value is -2.97. The number of amides is 1. The molecule has 0 aliphatic carbocycles. The fourth-order valence-electron chi connectivity index (χ4n) is 3.09. The molecule has 3 rings (SSSR count). The third-order valence-electron chi connectivity index (χ3n) is 4.34. The van der Waals surface area contributed by atoms with E-state index in [-0.39, 0.29) is 11.5 Å². The van der Waals surface area contributed by atoms with Gasteiger partial charge in [0.05, 0.1) is 37.4 Å². The number of nitrogens with two attached hydrogens (primary N) is 1. The number of hydrogen-bond acceptors (Lipinski definition) is 7. The predicted octanol–water partition coefficient (Wildman–Crippen LogP) is 2.70. The van der Waals surface area contributed by atoms with Gasteiger partial charge in [0.15, 0.2) is 5.75 Å². The van der Waals surface area contributed by atoms with Crippen molar-refractivity contribution in [2.45, 2.75) is 33.3 Å². The largest absolute Gasteiger partial charge is 0.494 e. The van der Waals surface area contributed by atoms with E-state index < -0.39 is 5.60 Å². The Bertz CT molecular complexity index is 852. The molecule has 2 aromatic heterocycles. The van der Waals surface area contributed by atoms with Gasteiger partial charge in [0.1, 0.15) is 17.2 Å². The van der Waals surface area contributed by atoms with Gasteiger partial charge in [-0.1, -0.05) is 6.92 Å². The van der Waals surface area contributed by atoms with Gasteiger partial charge in [-0.25, -0.2) is 4.79 Å². The Morgan fingerprint density at radius 3 is 2.57 bits per heavy atom. The number of aromatic amines is 1. The van der Waals surface area contributed by atoms with E-state index in [1.807, 2.05) is 20.8 Å². The summed E-state index contributed by atoms with van der Waals surface area (Å²) in [5.41, 5.74) is 6.43. The van der Waals surface area contributed by atoms with Crippen LogP contribution in [0.2, 0.25) is 0 Å². The van der Waals surface area contributed by atoms with E-state index in [1.54, 1.807) is 30.5 Å². The smallest absolute Gasteiger partial charge is 0.410 e. The van der Waals surface area contributed by atoms with E-state index in [0.29, 0.717) is 48.3 Å². The first-order valence-electron chi connectivity index (χ1n) is 9.04. The Balaban J connectivity index is 1.68. The summed E-state index contributed by atoms with van der Waals surface area (Å²) in [4.78, 5) is 18.0. The van der Waals surface area contributed by atoms with Gasteiger partial charge in [-0.05, 0) is 20.8 Å². The maximum atomic E-state index is 12.1. The molecule has 1 fully saturated rings. The third-order valence-corrected chi connectivity index (χ3v) is 4.34. The molecule has 0 aromatic carbocycles. The van der Waals surface area contributed by atoms with Gasteiger partial charge in [0.2, 0.25) is 0 Å². The number of H-pyrrole nitrogens is 1. The van der Waals surface area contributed by atoms with Gasteiger partial charge in [0.25, 0.3) is 0 Å². The van der Waals surface area contributed by atoms with Crippen LogP contribution in [0.15, 0.2) is 18.5 Å². The SMILES string of the molecule is COc1cncc(OCC2(C)CN(C(=O)OC(C)(C)C)C2)c1-c1cc(N)n[nH]1. The van der Waals surface area contributed by atoms with Crippen molar-refractivity contribution in [2.24, 2.45) is 5.41 Å². The van der Waals surface area contributed by atoms with Crippen LogP contribution in [0.5, 0.6) is 11.5 Å². The Morgan fingerprint density at radius 2 is 2.00 bits per heavy atom. The third kappa shape index (κ3) is 4.29. The number of likely N-dealkylation sites (tertiary alicyclic amines) is 1. The molecule has 3 N–H and O–H groups in total. The number of rotatable bonds is 5. The van der Waals surface area contributed by atoms with E-state index >= 15 is 0 Å². The monoisotopic (exact) mass is 389 g/mol. The normalized spacial score (nSPS) is 15.7. The highest BCUT2D eigenvalue weighted by Crippen LogP contribution is 2.39. The second-order valence-corrected chi connectivity index (χ2v) is 8.36. The summed E-state index contributed by atoms with van der Waals surface area (Å²) in [6.45, 7) is 9.16. The Morgan fingerprint density at radius 1 is 1.32 bits per heavy atom. The number of methoxy groups -OCH3 is 1. The van der Waals surface area contributed by atoms with Gasteiger partial charge in [-0.3, -0.25) is 10.1 Å². The average Bonchev–Trinajstić information content (AvgIpc) is 3.01. The second kappa shape index (κ2) is 7.21. The van der Waals surface area contributed by atoms with Gasteiger partial charge in [-0.2, -0.15) is 5.10 Å². The number of aromatic nitrogens is 3. The van der Waals surface area contributed by atoms with E-state index in [2.05, 4.69) is 22.1 Å². The van der Waals surface area contributed by atoms with Gasteiger partial charge < -0.3 is 24.8 Å². The minimum atomic E-state index is -0.507. The molecule has 1 aliphatic rings. The number of anilines is 1. The van der Waals surface area contributed by atoms with E-state index in [1.165, 1.54) is 0 Å². The van der Waals surface area contributed by atoms with Crippen molar-refractivity contribution < 1.29 is 19.0 Å². The molecular weight excluding hydrogens is 362 g/mol. The summed E-state index contributed by atoms with van der Waals surface area (Å²) in [5, 5.41) is 6.84. The van der Waals surface area contributed by atoms with Crippen molar-refractivity contribution in [3.8, 4) is 22.8 Å². The van der Waals surface area contributed by atoms with Crippen LogP contribution in [0.3, 0.4) is 0 Å². The molecule has 0 atom stereocenters. The molecule has 9 nitrogen and oxygen atoms in total. The lowest BCUT2D eigenvalue weighted by atomic mass is 9.83. The predicted molar refractivity (Wildman–Crippen MR) is 104 cm³/mol. The molecule has 0 bridgehead atoms. The lowest BCUT2D eigenvalue weighted by Gasteiger charge is -2.47. The first-order valence-corrected chi connectivity index (χ1v) is 9.04. The fourth-order valence-corrected chi connectivity index (χ4v) is 3.09. The van der Waals surface area contributed by atoms with Crippen LogP contribution in [-0.2, 0) is 4.74 Å². The standard InChI is InChI=1S/C19H27N5O4/c1-18(2,3)28-17(25)24-9-19(4,10-24)11-27-14-8-21-7-13(26-5)16(14)12-6-15(20)23-22-12/h6-8H,9-11H2,1-5H3,(H3,20,22,23). The lowest BCUT2D eigenvalue weighted by Crippen LogP contribution is -2.60. The highest BCUT2D eigenvalue weighted by Gasteiger charge is 2.43. The zero-order chi connectivity index (χ0) is 20.5. The van der Waals surface area contributed by atoms with Crippen LogP contribution in [-0.4, -0.2) is 58.6 Å². The number of ether oxygens (including phenoxy) is 3. The number of nitrogen functional groups attached to an aromatic ring is 1. The molecule has 28 heavy (non-hydrogen) atoms. The van der Waals surface area contributed by atoms with Crippen molar-refractivity contribution in [2.75, 3.05) is 32.5 Å². The Labute approximate surface area is 164 Å². The van der Waals surface area contributed by atoms with Crippen LogP contribution in [0, 0.1) is 5.41 Å². The van der Waals surface area contributed by atoms with E-state index in [0.717, 1.165) is 0 Å². The van der Waals surface area contributed by atoms with Crippen molar-refractivity contribution in [1.82, 2.24) is 20.1 Å². The number of carbonyl (C=O) groups excluding carboxylic acids is 1. The summed E-state index contributed by atoms with van der Waals surface area (Å²) >= 11 is 0. The highest BCUT2D eigenvalue weighted by atomic mass is 16.6. The molecule has 1 amide bonds. The maximum absolute atomic E-state index is 12.1. The van der Waals surface area contributed by atoms with E-state index in [9.17, 15) is 4.79 Å². The second-order valence-electron chi connectivity index (χ2n) is 8.36. The van der Waals surface area contributed by atoms with Crippen LogP contribution in [0.1, 0.15) is 27.7 Å². The summed E-state index contributed by atoms with van der Waals surface area (Å²) in [6.07, 6.45) is 2.93. The first-order chi connectivity index (χ1) is 13.1. The summed E-state index contributed by atoms with van der Waals surface area (Å²) in [5.74, 6) is 1.48.